The van der Waals surface area contributed by atoms with Crippen molar-refractivity contribution in [3.63, 3.8) is 0 Å². The summed E-state index contributed by atoms with van der Waals surface area (Å²) < 4.78 is 11.2. The first-order chi connectivity index (χ1) is 19.8. The van der Waals surface area contributed by atoms with Gasteiger partial charge in [0.1, 0.15) is 6.61 Å². The zero-order valence-corrected chi connectivity index (χ0v) is 24.1. The molecule has 0 spiro atoms. The third-order valence-electron chi connectivity index (χ3n) is 6.31. The maximum Gasteiger partial charge on any atom is 0.250 e. The van der Waals surface area contributed by atoms with E-state index in [0.29, 0.717) is 59.6 Å². The Morgan fingerprint density at radius 1 is 1.00 bits per heavy atom. The van der Waals surface area contributed by atoms with Crippen LogP contribution in [0.1, 0.15) is 22.3 Å². The molecule has 0 aliphatic carbocycles. The molecule has 41 heavy (non-hydrogen) atoms. The van der Waals surface area contributed by atoms with Crippen molar-refractivity contribution in [2.24, 2.45) is 5.10 Å². The van der Waals surface area contributed by atoms with Gasteiger partial charge in [0.05, 0.1) is 19.4 Å². The number of hydrogen-bond acceptors (Lipinski definition) is 10. The summed E-state index contributed by atoms with van der Waals surface area (Å²) in [5, 5.41) is 19.1. The lowest BCUT2D eigenvalue weighted by atomic mass is 10.1. The maximum atomic E-state index is 10.5. The number of morpholine rings is 1. The van der Waals surface area contributed by atoms with Gasteiger partial charge in [-0.25, -0.2) is 5.43 Å². The quantitative estimate of drug-likeness (QED) is 0.156. The summed E-state index contributed by atoms with van der Waals surface area (Å²) in [6.07, 6.45) is 1.55. The van der Waals surface area contributed by atoms with Gasteiger partial charge in [-0.15, -0.1) is 0 Å². The molecule has 12 heteroatoms. The second-order valence-electron chi connectivity index (χ2n) is 9.45. The van der Waals surface area contributed by atoms with Gasteiger partial charge in [0.15, 0.2) is 11.5 Å². The van der Waals surface area contributed by atoms with Crippen LogP contribution in [-0.4, -0.2) is 52.6 Å². The van der Waals surface area contributed by atoms with Crippen LogP contribution in [0.5, 0.6) is 11.5 Å². The van der Waals surface area contributed by atoms with Gasteiger partial charge in [0, 0.05) is 34.4 Å². The van der Waals surface area contributed by atoms with Crippen molar-refractivity contribution < 1.29 is 14.6 Å². The molecule has 5 rings (SSSR count). The topological polar surface area (TPSA) is 117 Å². The number of aromatic nitrogens is 3. The number of aryl methyl sites for hydroxylation is 2. The van der Waals surface area contributed by atoms with Crippen molar-refractivity contribution in [2.75, 3.05) is 41.9 Å². The second-order valence-corrected chi connectivity index (χ2v) is 10.3. The fourth-order valence-electron chi connectivity index (χ4n) is 4.15. The molecule has 0 amide bonds. The highest BCUT2D eigenvalue weighted by atomic mass is 35.5. The minimum Gasteiger partial charge on any atom is -0.504 e. The van der Waals surface area contributed by atoms with Crippen LogP contribution in [0.2, 0.25) is 10.0 Å². The van der Waals surface area contributed by atoms with E-state index < -0.39 is 0 Å². The van der Waals surface area contributed by atoms with Crippen LogP contribution < -0.4 is 20.4 Å². The van der Waals surface area contributed by atoms with Crippen molar-refractivity contribution >= 4 is 52.9 Å². The first kappa shape index (κ1) is 28.4. The van der Waals surface area contributed by atoms with Crippen molar-refractivity contribution in [1.29, 1.82) is 0 Å². The average molecular weight is 595 g/mol. The van der Waals surface area contributed by atoms with E-state index in [1.165, 1.54) is 5.56 Å². The molecule has 1 aromatic heterocycles. The molecule has 3 N–H and O–H groups in total. The van der Waals surface area contributed by atoms with Crippen molar-refractivity contribution in [3.05, 3.63) is 86.9 Å². The molecule has 4 aromatic rings. The third kappa shape index (κ3) is 7.55. The largest absolute Gasteiger partial charge is 0.504 e. The van der Waals surface area contributed by atoms with Gasteiger partial charge >= 0.3 is 0 Å². The van der Waals surface area contributed by atoms with Crippen molar-refractivity contribution in [2.45, 2.75) is 20.5 Å². The van der Waals surface area contributed by atoms with E-state index in [9.17, 15) is 5.11 Å². The molecular weight excluding hydrogens is 565 g/mol. The molecule has 1 fully saturated rings. The number of hydrogen-bond donors (Lipinski definition) is 3. The molecule has 1 aliphatic heterocycles. The molecule has 212 valence electrons. The summed E-state index contributed by atoms with van der Waals surface area (Å²) >= 11 is 12.2. The van der Waals surface area contributed by atoms with Crippen LogP contribution in [0.15, 0.2) is 59.7 Å². The zero-order valence-electron chi connectivity index (χ0n) is 22.6. The summed E-state index contributed by atoms with van der Waals surface area (Å²) in [7, 11) is 0. The van der Waals surface area contributed by atoms with E-state index in [1.807, 2.05) is 30.9 Å². The second kappa shape index (κ2) is 13.0. The fraction of sp³-hybridized carbons (Fsp3) is 0.241. The number of hydrazone groups is 1. The molecule has 0 bridgehead atoms. The third-order valence-corrected chi connectivity index (χ3v) is 6.89. The van der Waals surface area contributed by atoms with E-state index >= 15 is 0 Å². The Bertz CT molecular complexity index is 1560. The molecule has 0 saturated carbocycles. The van der Waals surface area contributed by atoms with Gasteiger partial charge in [-0.2, -0.15) is 20.1 Å². The summed E-state index contributed by atoms with van der Waals surface area (Å²) in [5.41, 5.74) is 7.44. The number of phenolic OH excluding ortho intramolecular Hbond substituents is 1. The highest BCUT2D eigenvalue weighted by Gasteiger charge is 2.17. The first-order valence-corrected chi connectivity index (χ1v) is 13.7. The van der Waals surface area contributed by atoms with Crippen molar-refractivity contribution in [1.82, 2.24) is 15.0 Å². The number of nitrogens with one attached hydrogen (secondary N) is 2. The number of phenols is 1. The Kier molecular flexibility index (Phi) is 9.03. The predicted octanol–water partition coefficient (Wildman–Crippen LogP) is 6.11. The van der Waals surface area contributed by atoms with Gasteiger partial charge in [-0.05, 0) is 61.4 Å². The van der Waals surface area contributed by atoms with Crippen LogP contribution >= 0.6 is 23.2 Å². The van der Waals surface area contributed by atoms with E-state index in [0.717, 1.165) is 16.8 Å². The lowest BCUT2D eigenvalue weighted by Crippen LogP contribution is -2.37. The standard InChI is InChI=1S/C29H29Cl2N7O3/c1-18-3-7-24(19(2)13-18)33-27-34-28(36-29(35-27)38-9-11-40-12-10-38)37-32-16-20-4-8-26(25(39)14-20)41-17-21-5-6-22(30)15-23(21)31/h3-8,13-16,39H,9-12,17H2,1-2H3,(H2,33,34,35,36,37)/b32-16+. The first-order valence-electron chi connectivity index (χ1n) is 13.0. The summed E-state index contributed by atoms with van der Waals surface area (Å²) in [5.74, 6) is 1.47. The number of anilines is 4. The molecule has 1 aliphatic rings. The SMILES string of the molecule is Cc1ccc(Nc2nc(N/N=C/c3ccc(OCc4ccc(Cl)cc4Cl)c(O)c3)nc(N3CCOCC3)n2)c(C)c1. The smallest absolute Gasteiger partial charge is 0.250 e. The van der Waals surface area contributed by atoms with Crippen LogP contribution in [0.25, 0.3) is 0 Å². The highest BCUT2D eigenvalue weighted by Crippen LogP contribution is 2.29. The van der Waals surface area contributed by atoms with Gasteiger partial charge in [0.2, 0.25) is 17.8 Å². The van der Waals surface area contributed by atoms with Gasteiger partial charge < -0.3 is 24.8 Å². The van der Waals surface area contributed by atoms with Crippen molar-refractivity contribution in [3.8, 4) is 11.5 Å². The normalized spacial score (nSPS) is 13.4. The van der Waals surface area contributed by atoms with Crippen LogP contribution in [0, 0.1) is 13.8 Å². The zero-order chi connectivity index (χ0) is 28.8. The minimum atomic E-state index is -0.0336. The number of benzene rings is 3. The number of ether oxygens (including phenoxy) is 2. The van der Waals surface area contributed by atoms with E-state index in [2.05, 4.69) is 36.9 Å². The predicted molar refractivity (Wildman–Crippen MR) is 162 cm³/mol. The highest BCUT2D eigenvalue weighted by molar-refractivity contribution is 6.35. The van der Waals surface area contributed by atoms with Crippen LogP contribution in [0.4, 0.5) is 23.5 Å². The Labute approximate surface area is 248 Å². The Hall–Kier alpha value is -4.12. The Balaban J connectivity index is 1.29. The Morgan fingerprint density at radius 3 is 2.56 bits per heavy atom. The number of rotatable bonds is 9. The number of halogens is 2. The maximum absolute atomic E-state index is 10.5. The molecule has 10 nitrogen and oxygen atoms in total. The summed E-state index contributed by atoms with van der Waals surface area (Å²) in [4.78, 5) is 15.7. The monoisotopic (exact) mass is 593 g/mol. The van der Waals surface area contributed by atoms with Crippen LogP contribution in [-0.2, 0) is 11.3 Å². The number of aromatic hydroxyl groups is 1. The van der Waals surface area contributed by atoms with E-state index in [-0.39, 0.29) is 18.3 Å². The van der Waals surface area contributed by atoms with E-state index in [4.69, 9.17) is 32.7 Å². The van der Waals surface area contributed by atoms with E-state index in [1.54, 1.807) is 42.6 Å². The molecule has 1 saturated heterocycles. The molecule has 0 atom stereocenters. The molecule has 0 radical (unpaired) electrons. The van der Waals surface area contributed by atoms with Gasteiger partial charge in [0.25, 0.3) is 0 Å². The molecular formula is C29H29Cl2N7O3. The fourth-order valence-corrected chi connectivity index (χ4v) is 4.61. The van der Waals surface area contributed by atoms with Gasteiger partial charge in [-0.1, -0.05) is 47.0 Å². The minimum absolute atomic E-state index is 0.0336. The lowest BCUT2D eigenvalue weighted by Gasteiger charge is -2.27. The van der Waals surface area contributed by atoms with Crippen LogP contribution in [0.3, 0.4) is 0 Å². The average Bonchev–Trinajstić information content (AvgIpc) is 2.95. The lowest BCUT2D eigenvalue weighted by molar-refractivity contribution is 0.122. The summed E-state index contributed by atoms with van der Waals surface area (Å²) in [6, 6.07) is 16.3. The molecule has 0 unspecified atom stereocenters. The molecule has 2 heterocycles. The Morgan fingerprint density at radius 2 is 1.80 bits per heavy atom. The van der Waals surface area contributed by atoms with Gasteiger partial charge in [-0.3, -0.25) is 0 Å². The molecule has 3 aromatic carbocycles. The summed E-state index contributed by atoms with van der Waals surface area (Å²) in [6.45, 7) is 6.81. The number of nitrogens with zero attached hydrogens (tertiary/aromatic N) is 5.